The Kier molecular flexibility index (Phi) is 8.49. The lowest BCUT2D eigenvalue weighted by molar-refractivity contribution is 0.248. The molecule has 0 saturated carbocycles. The molecule has 3 rings (SSSR count). The van der Waals surface area contributed by atoms with Crippen LogP contribution in [0.15, 0.2) is 29.3 Å². The Morgan fingerprint density at radius 1 is 1.24 bits per heavy atom. The van der Waals surface area contributed by atoms with Crippen molar-refractivity contribution in [1.82, 2.24) is 15.1 Å². The monoisotopic (exact) mass is 456 g/mol. The molecule has 1 aromatic rings. The lowest BCUT2D eigenvalue weighted by atomic mass is 10.00. The molecule has 1 saturated heterocycles. The molecule has 0 spiro atoms. The number of rotatable bonds is 4. The van der Waals surface area contributed by atoms with Crippen molar-refractivity contribution in [2.24, 2.45) is 10.9 Å². The average molecular weight is 456 g/mol. The third-order valence-corrected chi connectivity index (χ3v) is 5.31. The zero-order valence-electron chi connectivity index (χ0n) is 15.7. The summed E-state index contributed by atoms with van der Waals surface area (Å²) in [5.74, 6) is 1.87. The Morgan fingerprint density at radius 2 is 2.04 bits per heavy atom. The summed E-state index contributed by atoms with van der Waals surface area (Å²) in [6.45, 7) is 9.09. The number of likely N-dealkylation sites (tertiary alicyclic amines) is 1. The maximum Gasteiger partial charge on any atom is 0.193 e. The summed E-state index contributed by atoms with van der Waals surface area (Å²) in [4.78, 5) is 9.48. The molecule has 1 atom stereocenters. The Hall–Kier alpha value is -0.820. The number of hydrogen-bond acceptors (Lipinski definition) is 2. The van der Waals surface area contributed by atoms with Gasteiger partial charge in [0.25, 0.3) is 0 Å². The number of halogens is 1. The zero-order valence-corrected chi connectivity index (χ0v) is 18.0. The molecule has 1 unspecified atom stereocenters. The van der Waals surface area contributed by atoms with Gasteiger partial charge in [-0.25, -0.2) is 0 Å². The van der Waals surface area contributed by atoms with Crippen molar-refractivity contribution in [1.29, 1.82) is 0 Å². The summed E-state index contributed by atoms with van der Waals surface area (Å²) in [6, 6.07) is 8.87. The summed E-state index contributed by atoms with van der Waals surface area (Å²) >= 11 is 0. The molecule has 2 heterocycles. The van der Waals surface area contributed by atoms with Crippen LogP contribution in [-0.4, -0.2) is 55.5 Å². The highest BCUT2D eigenvalue weighted by Crippen LogP contribution is 2.18. The van der Waals surface area contributed by atoms with E-state index < -0.39 is 0 Å². The number of fused-ring (bicyclic) bond motifs is 1. The van der Waals surface area contributed by atoms with Gasteiger partial charge < -0.3 is 10.2 Å². The van der Waals surface area contributed by atoms with Crippen molar-refractivity contribution in [3.05, 3.63) is 35.4 Å². The topological polar surface area (TPSA) is 30.9 Å². The van der Waals surface area contributed by atoms with Gasteiger partial charge in [-0.3, -0.25) is 9.89 Å². The summed E-state index contributed by atoms with van der Waals surface area (Å²) in [5, 5.41) is 3.57. The lowest BCUT2D eigenvalue weighted by Crippen LogP contribution is -2.46. The van der Waals surface area contributed by atoms with E-state index in [9.17, 15) is 0 Å². The van der Waals surface area contributed by atoms with Gasteiger partial charge >= 0.3 is 0 Å². The van der Waals surface area contributed by atoms with Gasteiger partial charge in [0.2, 0.25) is 0 Å². The van der Waals surface area contributed by atoms with Gasteiger partial charge in [0, 0.05) is 46.3 Å². The molecule has 2 aliphatic rings. The highest BCUT2D eigenvalue weighted by atomic mass is 127. The molecule has 0 radical (unpaired) electrons. The fourth-order valence-corrected chi connectivity index (χ4v) is 3.96. The van der Waals surface area contributed by atoms with E-state index in [1.54, 1.807) is 0 Å². The van der Waals surface area contributed by atoms with E-state index in [0.29, 0.717) is 0 Å². The van der Waals surface area contributed by atoms with Crippen LogP contribution in [0.1, 0.15) is 37.3 Å². The van der Waals surface area contributed by atoms with E-state index in [2.05, 4.69) is 51.3 Å². The third-order valence-electron chi connectivity index (χ3n) is 5.31. The SMILES string of the molecule is CN=C(NCCCN1CCc2ccccc2C1)N1CCCC(C)C1.I. The molecule has 0 bridgehead atoms. The van der Waals surface area contributed by atoms with E-state index in [1.165, 1.54) is 43.4 Å². The standard InChI is InChI=1S/C20H32N4.HI/c1-17-7-5-13-24(15-17)20(21-2)22-11-6-12-23-14-10-18-8-3-4-9-19(18)16-23;/h3-4,8-9,17H,5-7,10-16H2,1-2H3,(H,21,22);1H. The molecule has 4 nitrogen and oxygen atoms in total. The first-order valence-electron chi connectivity index (χ1n) is 9.51. The van der Waals surface area contributed by atoms with Crippen LogP contribution in [0.25, 0.3) is 0 Å². The van der Waals surface area contributed by atoms with Gasteiger partial charge in [0.05, 0.1) is 0 Å². The number of nitrogens with zero attached hydrogens (tertiary/aromatic N) is 3. The molecule has 1 aromatic carbocycles. The van der Waals surface area contributed by atoms with Crippen LogP contribution < -0.4 is 5.32 Å². The maximum absolute atomic E-state index is 4.48. The quantitative estimate of drug-likeness (QED) is 0.326. The minimum atomic E-state index is 0. The molecule has 1 fully saturated rings. The van der Waals surface area contributed by atoms with Crippen molar-refractivity contribution in [3.63, 3.8) is 0 Å². The summed E-state index contributed by atoms with van der Waals surface area (Å²) < 4.78 is 0. The molecule has 140 valence electrons. The highest BCUT2D eigenvalue weighted by molar-refractivity contribution is 14.0. The van der Waals surface area contributed by atoms with Gasteiger partial charge in [-0.15, -0.1) is 24.0 Å². The largest absolute Gasteiger partial charge is 0.356 e. The molecule has 0 aliphatic carbocycles. The van der Waals surface area contributed by atoms with E-state index >= 15 is 0 Å². The molecule has 0 aromatic heterocycles. The molecule has 1 N–H and O–H groups in total. The van der Waals surface area contributed by atoms with Gasteiger partial charge in [-0.2, -0.15) is 0 Å². The Balaban J connectivity index is 0.00000225. The van der Waals surface area contributed by atoms with Crippen molar-refractivity contribution in [3.8, 4) is 0 Å². The van der Waals surface area contributed by atoms with Crippen molar-refractivity contribution >= 4 is 29.9 Å². The van der Waals surface area contributed by atoms with Gasteiger partial charge in [0.15, 0.2) is 5.96 Å². The van der Waals surface area contributed by atoms with Crippen LogP contribution in [0.2, 0.25) is 0 Å². The Morgan fingerprint density at radius 3 is 2.80 bits per heavy atom. The fraction of sp³-hybridized carbons (Fsp3) is 0.650. The van der Waals surface area contributed by atoms with Crippen LogP contribution in [0, 0.1) is 5.92 Å². The smallest absolute Gasteiger partial charge is 0.193 e. The Labute approximate surface area is 170 Å². The first-order chi connectivity index (χ1) is 11.8. The normalized spacial score (nSPS) is 21.4. The predicted molar refractivity (Wildman–Crippen MR) is 117 cm³/mol. The zero-order chi connectivity index (χ0) is 16.8. The van der Waals surface area contributed by atoms with Crippen molar-refractivity contribution in [2.75, 3.05) is 39.8 Å². The molecule has 2 aliphatic heterocycles. The average Bonchev–Trinajstić information content (AvgIpc) is 2.61. The Bertz CT molecular complexity index is 560. The van der Waals surface area contributed by atoms with Crippen LogP contribution >= 0.6 is 24.0 Å². The van der Waals surface area contributed by atoms with Gasteiger partial charge in [-0.1, -0.05) is 31.2 Å². The van der Waals surface area contributed by atoms with Crippen LogP contribution in [0.5, 0.6) is 0 Å². The van der Waals surface area contributed by atoms with E-state index in [-0.39, 0.29) is 24.0 Å². The molecule has 25 heavy (non-hydrogen) atoms. The fourth-order valence-electron chi connectivity index (χ4n) is 3.96. The molecular weight excluding hydrogens is 423 g/mol. The van der Waals surface area contributed by atoms with Gasteiger partial charge in [-0.05, 0) is 42.7 Å². The van der Waals surface area contributed by atoms with Crippen LogP contribution in [-0.2, 0) is 13.0 Å². The molecule has 0 amide bonds. The van der Waals surface area contributed by atoms with E-state index in [0.717, 1.165) is 44.6 Å². The lowest BCUT2D eigenvalue weighted by Gasteiger charge is -2.33. The first kappa shape index (κ1) is 20.5. The van der Waals surface area contributed by atoms with E-state index in [4.69, 9.17) is 0 Å². The summed E-state index contributed by atoms with van der Waals surface area (Å²) in [5.41, 5.74) is 3.04. The number of benzene rings is 1. The minimum Gasteiger partial charge on any atom is -0.356 e. The molecular formula is C20H33IN4. The van der Waals surface area contributed by atoms with Crippen molar-refractivity contribution in [2.45, 2.75) is 39.2 Å². The number of hydrogen-bond donors (Lipinski definition) is 1. The van der Waals surface area contributed by atoms with Crippen molar-refractivity contribution < 1.29 is 0 Å². The van der Waals surface area contributed by atoms with Crippen LogP contribution in [0.4, 0.5) is 0 Å². The number of piperidine rings is 1. The third kappa shape index (κ3) is 5.84. The van der Waals surface area contributed by atoms with E-state index in [1.807, 2.05) is 7.05 Å². The second kappa shape index (κ2) is 10.4. The second-order valence-corrected chi connectivity index (χ2v) is 7.32. The summed E-state index contributed by atoms with van der Waals surface area (Å²) in [6.07, 6.45) is 5.00. The number of aliphatic imine (C=N–C) groups is 1. The minimum absolute atomic E-state index is 0. The number of nitrogens with one attached hydrogen (secondary N) is 1. The number of guanidine groups is 1. The van der Waals surface area contributed by atoms with Crippen LogP contribution in [0.3, 0.4) is 0 Å². The van der Waals surface area contributed by atoms with Gasteiger partial charge in [0.1, 0.15) is 0 Å². The molecule has 5 heteroatoms. The highest BCUT2D eigenvalue weighted by Gasteiger charge is 2.19. The predicted octanol–water partition coefficient (Wildman–Crippen LogP) is 3.36. The summed E-state index contributed by atoms with van der Waals surface area (Å²) in [7, 11) is 1.91. The second-order valence-electron chi connectivity index (χ2n) is 7.32. The first-order valence-corrected chi connectivity index (χ1v) is 9.51. The maximum atomic E-state index is 4.48.